The molecule has 0 aliphatic carbocycles. The smallest absolute Gasteiger partial charge is 0.220 e. The van der Waals surface area contributed by atoms with Crippen molar-refractivity contribution in [3.63, 3.8) is 0 Å². The number of hydrogen-bond donors (Lipinski definition) is 0. The molecule has 0 N–H and O–H groups in total. The van der Waals surface area contributed by atoms with E-state index in [0.29, 0.717) is 0 Å². The molecule has 0 saturated carbocycles. The first-order chi connectivity index (χ1) is 12.8. The Morgan fingerprint density at radius 1 is 0.704 bits per heavy atom. The lowest BCUT2D eigenvalue weighted by atomic mass is 10.1. The minimum absolute atomic E-state index is 0.136. The van der Waals surface area contributed by atoms with Gasteiger partial charge in [0.05, 0.1) is 10.8 Å². The largest absolute Gasteiger partial charge is 0.463 e. The van der Waals surface area contributed by atoms with Crippen LogP contribution in [0.15, 0.2) is 77.1 Å². The molecule has 0 atom stereocenters. The van der Waals surface area contributed by atoms with Gasteiger partial charge >= 0.3 is 0 Å². The molecule has 0 saturated heterocycles. The highest BCUT2D eigenvalue weighted by Gasteiger charge is 2.28. The average molecular weight is 382 g/mol. The van der Waals surface area contributed by atoms with Crippen molar-refractivity contribution in [1.82, 2.24) is 0 Å². The Morgan fingerprint density at radius 2 is 1.11 bits per heavy atom. The number of sulfone groups is 1. The molecule has 0 bridgehead atoms. The summed E-state index contributed by atoms with van der Waals surface area (Å²) in [6, 6.07) is 9.78. The molecule has 0 amide bonds. The van der Waals surface area contributed by atoms with Crippen LogP contribution in [0.1, 0.15) is 11.1 Å². The fourth-order valence-electron chi connectivity index (χ4n) is 2.94. The minimum atomic E-state index is -4.42. The van der Waals surface area contributed by atoms with Gasteiger partial charge in [0.2, 0.25) is 20.7 Å². The molecule has 7 heteroatoms. The van der Waals surface area contributed by atoms with Crippen molar-refractivity contribution < 1.29 is 17.3 Å². The maximum atomic E-state index is 13.0. The third-order valence-electron chi connectivity index (χ3n) is 4.37. The lowest BCUT2D eigenvalue weighted by molar-refractivity contribution is 0.554. The van der Waals surface area contributed by atoms with Crippen molar-refractivity contribution in [2.45, 2.75) is 23.6 Å². The standard InChI is InChI=1S/C20H14O6S/c1-11-3-5-15-13(7-11)19(21)17(9-25-15)27(23,24)18-10-26-16-6-4-12(2)8-14(16)20(18)22/h3-10H,1-2H3. The number of aryl methyl sites for hydroxylation is 2. The molecule has 4 rings (SSSR count). The molecule has 2 aromatic carbocycles. The SMILES string of the molecule is Cc1ccc2occ(S(=O)(=O)c3coc4ccc(C)cc4c3=O)c(=O)c2c1. The monoisotopic (exact) mass is 382 g/mol. The topological polar surface area (TPSA) is 94.6 Å². The Labute approximate surface area is 153 Å². The summed E-state index contributed by atoms with van der Waals surface area (Å²) in [7, 11) is -4.42. The highest BCUT2D eigenvalue weighted by molar-refractivity contribution is 7.91. The number of benzene rings is 2. The summed E-state index contributed by atoms with van der Waals surface area (Å²) in [5.74, 6) is 0. The minimum Gasteiger partial charge on any atom is -0.463 e. The van der Waals surface area contributed by atoms with E-state index in [-0.39, 0.29) is 21.9 Å². The summed E-state index contributed by atoms with van der Waals surface area (Å²) >= 11 is 0. The van der Waals surface area contributed by atoms with Crippen LogP contribution in [0.25, 0.3) is 21.9 Å². The van der Waals surface area contributed by atoms with E-state index in [1.165, 1.54) is 0 Å². The second-order valence-electron chi connectivity index (χ2n) is 6.36. The highest BCUT2D eigenvalue weighted by Crippen LogP contribution is 2.22. The number of hydrogen-bond acceptors (Lipinski definition) is 6. The Morgan fingerprint density at radius 3 is 1.52 bits per heavy atom. The van der Waals surface area contributed by atoms with E-state index in [2.05, 4.69) is 0 Å². The lowest BCUT2D eigenvalue weighted by Gasteiger charge is -2.06. The van der Waals surface area contributed by atoms with E-state index < -0.39 is 30.5 Å². The molecule has 0 fully saturated rings. The van der Waals surface area contributed by atoms with Crippen LogP contribution in [-0.2, 0) is 9.84 Å². The molecule has 27 heavy (non-hydrogen) atoms. The third kappa shape index (κ3) is 2.67. The zero-order valence-corrected chi connectivity index (χ0v) is 15.3. The van der Waals surface area contributed by atoms with Gasteiger partial charge in [0.1, 0.15) is 23.7 Å². The van der Waals surface area contributed by atoms with Crippen molar-refractivity contribution in [3.05, 3.63) is 80.5 Å². The third-order valence-corrected chi connectivity index (χ3v) is 6.09. The Kier molecular flexibility index (Phi) is 3.78. The lowest BCUT2D eigenvalue weighted by Crippen LogP contribution is -2.21. The Balaban J connectivity index is 2.03. The van der Waals surface area contributed by atoms with Crippen LogP contribution >= 0.6 is 0 Å². The van der Waals surface area contributed by atoms with E-state index in [4.69, 9.17) is 8.83 Å². The first-order valence-corrected chi connectivity index (χ1v) is 9.57. The molecule has 2 aromatic heterocycles. The molecular weight excluding hydrogens is 368 g/mol. The van der Waals surface area contributed by atoms with E-state index in [9.17, 15) is 18.0 Å². The van der Waals surface area contributed by atoms with Gasteiger partial charge in [0.25, 0.3) is 0 Å². The summed E-state index contributed by atoms with van der Waals surface area (Å²) in [6.45, 7) is 3.56. The van der Waals surface area contributed by atoms with Gasteiger partial charge in [-0.1, -0.05) is 23.3 Å². The van der Waals surface area contributed by atoms with Crippen molar-refractivity contribution >= 4 is 31.8 Å². The first-order valence-electron chi connectivity index (χ1n) is 8.08. The quantitative estimate of drug-likeness (QED) is 0.528. The zero-order chi connectivity index (χ0) is 19.3. The van der Waals surface area contributed by atoms with Gasteiger partial charge in [-0.15, -0.1) is 0 Å². The maximum absolute atomic E-state index is 13.0. The van der Waals surface area contributed by atoms with E-state index >= 15 is 0 Å². The number of rotatable bonds is 2. The molecule has 0 spiro atoms. The van der Waals surface area contributed by atoms with Crippen LogP contribution in [0.2, 0.25) is 0 Å². The van der Waals surface area contributed by atoms with Crippen molar-refractivity contribution in [1.29, 1.82) is 0 Å². The van der Waals surface area contributed by atoms with Crippen LogP contribution in [0.3, 0.4) is 0 Å². The predicted molar refractivity (Wildman–Crippen MR) is 99.9 cm³/mol. The van der Waals surface area contributed by atoms with Gasteiger partial charge in [-0.25, -0.2) is 8.42 Å². The van der Waals surface area contributed by atoms with E-state index in [1.54, 1.807) is 50.2 Å². The normalized spacial score (nSPS) is 11.9. The maximum Gasteiger partial charge on any atom is 0.220 e. The fraction of sp³-hybridized carbons (Fsp3) is 0.100. The van der Waals surface area contributed by atoms with E-state index in [0.717, 1.165) is 23.7 Å². The van der Waals surface area contributed by atoms with Crippen molar-refractivity contribution in [3.8, 4) is 0 Å². The summed E-state index contributed by atoms with van der Waals surface area (Å²) in [6.07, 6.45) is 1.74. The summed E-state index contributed by atoms with van der Waals surface area (Å²) in [5.41, 5.74) is 0.666. The Hall–Kier alpha value is -3.19. The van der Waals surface area contributed by atoms with Gasteiger partial charge < -0.3 is 8.83 Å². The van der Waals surface area contributed by atoms with Gasteiger partial charge in [-0.3, -0.25) is 9.59 Å². The van der Waals surface area contributed by atoms with Gasteiger partial charge in [-0.2, -0.15) is 0 Å². The molecule has 0 radical (unpaired) electrons. The molecule has 136 valence electrons. The second kappa shape index (κ2) is 5.92. The second-order valence-corrected chi connectivity index (χ2v) is 8.25. The van der Waals surface area contributed by atoms with Gasteiger partial charge in [-0.05, 0) is 38.1 Å². The molecular formula is C20H14O6S. The van der Waals surface area contributed by atoms with Gasteiger partial charge in [0, 0.05) is 0 Å². The Bertz CT molecular complexity index is 1340. The molecule has 4 aromatic rings. The summed E-state index contributed by atoms with van der Waals surface area (Å²) in [4.78, 5) is 24.3. The average Bonchev–Trinajstić information content (AvgIpc) is 2.63. The van der Waals surface area contributed by atoms with Gasteiger partial charge in [0.15, 0.2) is 9.79 Å². The molecule has 0 aliphatic heterocycles. The summed E-state index contributed by atoms with van der Waals surface area (Å²) in [5, 5.41) is 0.272. The predicted octanol–water partition coefficient (Wildman–Crippen LogP) is 3.35. The molecule has 0 unspecified atom stereocenters. The van der Waals surface area contributed by atoms with Crippen LogP contribution in [0.4, 0.5) is 0 Å². The van der Waals surface area contributed by atoms with Crippen LogP contribution < -0.4 is 10.9 Å². The fourth-order valence-corrected chi connectivity index (χ4v) is 4.24. The van der Waals surface area contributed by atoms with Crippen LogP contribution in [0.5, 0.6) is 0 Å². The molecule has 2 heterocycles. The molecule has 6 nitrogen and oxygen atoms in total. The number of fused-ring (bicyclic) bond motifs is 2. The molecule has 0 aliphatic rings. The van der Waals surface area contributed by atoms with Crippen molar-refractivity contribution in [2.75, 3.05) is 0 Å². The first kappa shape index (κ1) is 17.2. The van der Waals surface area contributed by atoms with Crippen LogP contribution in [0, 0.1) is 13.8 Å². The summed E-state index contributed by atoms with van der Waals surface area (Å²) < 4.78 is 36.7. The van der Waals surface area contributed by atoms with Crippen molar-refractivity contribution in [2.24, 2.45) is 0 Å². The van der Waals surface area contributed by atoms with Crippen LogP contribution in [-0.4, -0.2) is 8.42 Å². The highest BCUT2D eigenvalue weighted by atomic mass is 32.2. The van der Waals surface area contributed by atoms with E-state index in [1.807, 2.05) is 0 Å². The zero-order valence-electron chi connectivity index (χ0n) is 14.5.